The molecule has 0 saturated heterocycles. The Morgan fingerprint density at radius 3 is 2.47 bits per heavy atom. The number of rotatable bonds is 5. The van der Waals surface area contributed by atoms with Crippen LogP contribution in [0.4, 0.5) is 0 Å². The lowest BCUT2D eigenvalue weighted by molar-refractivity contribution is 0.184. The average Bonchev–Trinajstić information content (AvgIpc) is 2.23. The molecule has 0 amide bonds. The number of aryl methyl sites for hydroxylation is 1. The zero-order valence-corrected chi connectivity index (χ0v) is 9.29. The van der Waals surface area contributed by atoms with Crippen LogP contribution in [0.5, 0.6) is 5.75 Å². The van der Waals surface area contributed by atoms with Gasteiger partial charge in [0.15, 0.2) is 0 Å². The normalized spacial score (nSPS) is 10.6. The van der Waals surface area contributed by atoms with Crippen LogP contribution >= 0.6 is 0 Å². The molecule has 0 bridgehead atoms. The quantitative estimate of drug-likeness (QED) is 0.776. The van der Waals surface area contributed by atoms with Crippen LogP contribution in [0.3, 0.4) is 0 Å². The molecule has 1 aromatic carbocycles. The molecule has 0 aliphatic heterocycles. The van der Waals surface area contributed by atoms with E-state index < -0.39 is 0 Å². The first-order chi connectivity index (χ1) is 7.22. The highest BCUT2D eigenvalue weighted by atomic mass is 16.5. The summed E-state index contributed by atoms with van der Waals surface area (Å²) in [5.74, 6) is 0.311. The number of aromatic hydroxyl groups is 1. The minimum Gasteiger partial charge on any atom is -0.507 e. The van der Waals surface area contributed by atoms with E-state index in [1.54, 1.807) is 7.11 Å². The zero-order valence-electron chi connectivity index (χ0n) is 9.29. The summed E-state index contributed by atoms with van der Waals surface area (Å²) in [6.07, 6.45) is 1.26. The maximum Gasteiger partial charge on any atom is 0.122 e. The number of benzene rings is 1. The Morgan fingerprint density at radius 1 is 1.27 bits per heavy atom. The van der Waals surface area contributed by atoms with Gasteiger partial charge in [-0.05, 0) is 41.7 Å². The first-order valence-electron chi connectivity index (χ1n) is 5.16. The molecule has 0 radical (unpaired) electrons. The van der Waals surface area contributed by atoms with Crippen LogP contribution in [0.15, 0.2) is 12.1 Å². The third-order valence-electron chi connectivity index (χ3n) is 2.40. The van der Waals surface area contributed by atoms with Crippen LogP contribution in [0.2, 0.25) is 0 Å². The van der Waals surface area contributed by atoms with Crippen molar-refractivity contribution < 1.29 is 14.9 Å². The van der Waals surface area contributed by atoms with Crippen molar-refractivity contribution in [2.45, 2.75) is 26.4 Å². The third-order valence-corrected chi connectivity index (χ3v) is 2.40. The zero-order chi connectivity index (χ0) is 11.3. The second-order valence-electron chi connectivity index (χ2n) is 3.52. The number of phenols is 1. The number of hydrogen-bond acceptors (Lipinski definition) is 3. The molecule has 0 aliphatic rings. The van der Waals surface area contributed by atoms with Gasteiger partial charge in [0.25, 0.3) is 0 Å². The minimum atomic E-state index is 0.0488. The van der Waals surface area contributed by atoms with Crippen LogP contribution in [-0.2, 0) is 24.2 Å². The molecule has 0 saturated carbocycles. The summed E-state index contributed by atoms with van der Waals surface area (Å²) >= 11 is 0. The highest BCUT2D eigenvalue weighted by Crippen LogP contribution is 2.25. The second kappa shape index (κ2) is 5.73. The number of aliphatic hydroxyl groups is 1. The molecule has 15 heavy (non-hydrogen) atoms. The summed E-state index contributed by atoms with van der Waals surface area (Å²) in [7, 11) is 1.64. The smallest absolute Gasteiger partial charge is 0.122 e. The molecule has 0 aromatic heterocycles. The Kier molecular flexibility index (Phi) is 4.59. The molecule has 0 fully saturated rings. The van der Waals surface area contributed by atoms with E-state index in [2.05, 4.69) is 0 Å². The lowest BCUT2D eigenvalue weighted by atomic mass is 10.0. The van der Waals surface area contributed by atoms with E-state index >= 15 is 0 Å². The first kappa shape index (κ1) is 12.0. The van der Waals surface area contributed by atoms with Crippen molar-refractivity contribution in [2.24, 2.45) is 0 Å². The van der Waals surface area contributed by atoms with E-state index in [0.717, 1.165) is 23.1 Å². The van der Waals surface area contributed by atoms with Crippen molar-refractivity contribution in [2.75, 3.05) is 13.7 Å². The highest BCUT2D eigenvalue weighted by molar-refractivity contribution is 5.43. The molecule has 3 nitrogen and oxygen atoms in total. The van der Waals surface area contributed by atoms with Gasteiger partial charge in [-0.3, -0.25) is 0 Å². The molecular formula is C12H18O3. The lowest BCUT2D eigenvalue weighted by Gasteiger charge is -2.11. The largest absolute Gasteiger partial charge is 0.507 e. The summed E-state index contributed by atoms with van der Waals surface area (Å²) in [6, 6.07) is 3.83. The van der Waals surface area contributed by atoms with Crippen LogP contribution < -0.4 is 0 Å². The topological polar surface area (TPSA) is 49.7 Å². The SMILES string of the molecule is CCc1cc(COC)cc(CCO)c1O. The van der Waals surface area contributed by atoms with Gasteiger partial charge in [0.05, 0.1) is 6.61 Å². The van der Waals surface area contributed by atoms with Gasteiger partial charge >= 0.3 is 0 Å². The van der Waals surface area contributed by atoms with Crippen molar-refractivity contribution in [1.82, 2.24) is 0 Å². The predicted molar refractivity (Wildman–Crippen MR) is 59.0 cm³/mol. The Balaban J connectivity index is 3.07. The van der Waals surface area contributed by atoms with Crippen LogP contribution in [0.1, 0.15) is 23.6 Å². The van der Waals surface area contributed by atoms with Crippen LogP contribution in [0, 0.1) is 0 Å². The molecule has 0 heterocycles. The highest BCUT2D eigenvalue weighted by Gasteiger charge is 2.08. The Bertz CT molecular complexity index is 321. The summed E-state index contributed by atoms with van der Waals surface area (Å²) in [5, 5.41) is 18.7. The van der Waals surface area contributed by atoms with Gasteiger partial charge in [0.2, 0.25) is 0 Å². The van der Waals surface area contributed by atoms with Gasteiger partial charge in [0, 0.05) is 13.7 Å². The van der Waals surface area contributed by atoms with Gasteiger partial charge < -0.3 is 14.9 Å². The average molecular weight is 210 g/mol. The summed E-state index contributed by atoms with van der Waals surface area (Å²) in [6.45, 7) is 2.58. The number of phenolic OH excluding ortho intramolecular Hbond substituents is 1. The molecule has 0 atom stereocenters. The molecule has 0 unspecified atom stereocenters. The molecule has 0 aliphatic carbocycles. The summed E-state index contributed by atoms with van der Waals surface area (Å²) < 4.78 is 5.06. The fourth-order valence-electron chi connectivity index (χ4n) is 1.66. The molecule has 3 heteroatoms. The van der Waals surface area contributed by atoms with Gasteiger partial charge in [-0.1, -0.05) is 6.92 Å². The molecule has 84 valence electrons. The Hall–Kier alpha value is -1.06. The standard InChI is InChI=1S/C12H18O3/c1-3-10-6-9(8-15-2)7-11(4-5-13)12(10)14/h6-7,13-14H,3-5,8H2,1-2H3. The Labute approximate surface area is 90.3 Å². The fraction of sp³-hybridized carbons (Fsp3) is 0.500. The molecule has 1 rings (SSSR count). The molecule has 0 spiro atoms. The number of ether oxygens (including phenoxy) is 1. The molecular weight excluding hydrogens is 192 g/mol. The maximum atomic E-state index is 9.86. The number of hydrogen-bond donors (Lipinski definition) is 2. The second-order valence-corrected chi connectivity index (χ2v) is 3.52. The third kappa shape index (κ3) is 2.94. The van der Waals surface area contributed by atoms with E-state index in [1.807, 2.05) is 19.1 Å². The molecule has 2 N–H and O–H groups in total. The first-order valence-corrected chi connectivity index (χ1v) is 5.16. The van der Waals surface area contributed by atoms with E-state index in [4.69, 9.17) is 9.84 Å². The van der Waals surface area contributed by atoms with Crippen LogP contribution in [0.25, 0.3) is 0 Å². The number of methoxy groups -OCH3 is 1. The lowest BCUT2D eigenvalue weighted by Crippen LogP contribution is -1.98. The van der Waals surface area contributed by atoms with Crippen molar-refractivity contribution in [3.05, 3.63) is 28.8 Å². The summed E-state index contributed by atoms with van der Waals surface area (Å²) in [4.78, 5) is 0. The van der Waals surface area contributed by atoms with Gasteiger partial charge in [0.1, 0.15) is 5.75 Å². The monoisotopic (exact) mass is 210 g/mol. The Morgan fingerprint density at radius 2 is 1.93 bits per heavy atom. The summed E-state index contributed by atoms with van der Waals surface area (Å²) in [5.41, 5.74) is 2.74. The van der Waals surface area contributed by atoms with Gasteiger partial charge in [-0.2, -0.15) is 0 Å². The van der Waals surface area contributed by atoms with E-state index in [9.17, 15) is 5.11 Å². The number of aliphatic hydroxyl groups excluding tert-OH is 1. The van der Waals surface area contributed by atoms with E-state index in [1.165, 1.54) is 0 Å². The van der Waals surface area contributed by atoms with Gasteiger partial charge in [-0.25, -0.2) is 0 Å². The van der Waals surface area contributed by atoms with Gasteiger partial charge in [-0.15, -0.1) is 0 Å². The maximum absolute atomic E-state index is 9.86. The predicted octanol–water partition coefficient (Wildman–Crippen LogP) is 1.64. The van der Waals surface area contributed by atoms with E-state index in [0.29, 0.717) is 18.8 Å². The molecule has 1 aromatic rings. The van der Waals surface area contributed by atoms with Crippen molar-refractivity contribution in [3.8, 4) is 5.75 Å². The fourth-order valence-corrected chi connectivity index (χ4v) is 1.66. The van der Waals surface area contributed by atoms with E-state index in [-0.39, 0.29) is 6.61 Å². The van der Waals surface area contributed by atoms with Crippen LogP contribution in [-0.4, -0.2) is 23.9 Å². The van der Waals surface area contributed by atoms with Crippen molar-refractivity contribution in [3.63, 3.8) is 0 Å². The minimum absolute atomic E-state index is 0.0488. The van der Waals surface area contributed by atoms with Crippen molar-refractivity contribution in [1.29, 1.82) is 0 Å². The van der Waals surface area contributed by atoms with Crippen molar-refractivity contribution >= 4 is 0 Å².